The minimum Gasteiger partial charge on any atom is -0.392 e. The Labute approximate surface area is 112 Å². The maximum Gasteiger partial charge on any atom is 0.171 e. The van der Waals surface area contributed by atoms with Gasteiger partial charge in [-0.2, -0.15) is 0 Å². The molecule has 19 heavy (non-hydrogen) atoms. The van der Waals surface area contributed by atoms with Crippen LogP contribution in [0.5, 0.6) is 0 Å². The second-order valence-corrected chi connectivity index (χ2v) is 4.34. The molecular formula is C15H17FN2O. The minimum absolute atomic E-state index is 0.218. The van der Waals surface area contributed by atoms with Crippen LogP contribution in [-0.4, -0.2) is 17.1 Å². The average Bonchev–Trinajstić information content (AvgIpc) is 2.47. The third-order valence-corrected chi connectivity index (χ3v) is 3.17. The van der Waals surface area contributed by atoms with Crippen LogP contribution in [0.4, 0.5) is 15.9 Å². The summed E-state index contributed by atoms with van der Waals surface area (Å²) in [4.78, 5) is 5.72. The number of rotatable bonds is 4. The molecular weight excluding hydrogens is 243 g/mol. The van der Waals surface area contributed by atoms with Crippen LogP contribution >= 0.6 is 0 Å². The molecule has 0 saturated heterocycles. The van der Waals surface area contributed by atoms with Gasteiger partial charge in [0.2, 0.25) is 0 Å². The molecule has 0 saturated carbocycles. The summed E-state index contributed by atoms with van der Waals surface area (Å²) in [5.41, 5.74) is 2.34. The van der Waals surface area contributed by atoms with Crippen molar-refractivity contribution in [3.05, 3.63) is 53.5 Å². The minimum atomic E-state index is -0.480. The molecule has 1 aromatic heterocycles. The predicted molar refractivity (Wildman–Crippen MR) is 74.0 cm³/mol. The highest BCUT2D eigenvalue weighted by Gasteiger charge is 2.14. The molecule has 0 aliphatic carbocycles. The third-order valence-electron chi connectivity index (χ3n) is 3.17. The van der Waals surface area contributed by atoms with Gasteiger partial charge < -0.3 is 10.0 Å². The first kappa shape index (κ1) is 13.5. The van der Waals surface area contributed by atoms with E-state index in [9.17, 15) is 4.39 Å². The van der Waals surface area contributed by atoms with Gasteiger partial charge in [-0.05, 0) is 30.2 Å². The first-order valence-corrected chi connectivity index (χ1v) is 6.24. The van der Waals surface area contributed by atoms with Gasteiger partial charge in [0.15, 0.2) is 11.6 Å². The number of aryl methyl sites for hydroxylation is 1. The maximum atomic E-state index is 14.1. The van der Waals surface area contributed by atoms with E-state index in [1.807, 2.05) is 24.3 Å². The van der Waals surface area contributed by atoms with Gasteiger partial charge in [-0.3, -0.25) is 0 Å². The first-order chi connectivity index (χ1) is 9.17. The molecule has 0 amide bonds. The summed E-state index contributed by atoms with van der Waals surface area (Å²) in [7, 11) is 1.76. The highest BCUT2D eigenvalue weighted by atomic mass is 19.1. The lowest BCUT2D eigenvalue weighted by Crippen LogP contribution is -2.14. The van der Waals surface area contributed by atoms with Crippen molar-refractivity contribution >= 4 is 11.5 Å². The zero-order valence-corrected chi connectivity index (χ0v) is 11.1. The molecule has 2 rings (SSSR count). The molecule has 0 spiro atoms. The maximum absolute atomic E-state index is 14.1. The lowest BCUT2D eigenvalue weighted by atomic mass is 10.1. The number of hydrogen-bond donors (Lipinski definition) is 1. The van der Waals surface area contributed by atoms with Crippen LogP contribution in [0.25, 0.3) is 0 Å². The monoisotopic (exact) mass is 260 g/mol. The normalized spacial score (nSPS) is 10.5. The zero-order valence-electron chi connectivity index (χ0n) is 11.1. The zero-order chi connectivity index (χ0) is 13.8. The first-order valence-electron chi connectivity index (χ1n) is 6.24. The Morgan fingerprint density at radius 2 is 1.89 bits per heavy atom. The molecule has 100 valence electrons. The number of aliphatic hydroxyl groups is 1. The van der Waals surface area contributed by atoms with Crippen molar-refractivity contribution in [2.45, 2.75) is 20.0 Å². The van der Waals surface area contributed by atoms with E-state index in [-0.39, 0.29) is 18.0 Å². The van der Waals surface area contributed by atoms with Crippen LogP contribution in [0.3, 0.4) is 0 Å². The molecule has 0 radical (unpaired) electrons. The predicted octanol–water partition coefficient (Wildman–Crippen LogP) is 3.04. The molecule has 4 heteroatoms. The van der Waals surface area contributed by atoms with Crippen molar-refractivity contribution < 1.29 is 9.50 Å². The fourth-order valence-electron chi connectivity index (χ4n) is 1.90. The van der Waals surface area contributed by atoms with Crippen LogP contribution in [0.2, 0.25) is 0 Å². The standard InChI is InChI=1S/C15H17FN2O/c1-3-11-4-6-13(7-5-11)18(2)15-14(16)12(10-19)8-9-17-15/h4-9,19H,3,10H2,1-2H3. The number of aliphatic hydroxyl groups excluding tert-OH is 1. The number of anilines is 2. The average molecular weight is 260 g/mol. The molecule has 0 atom stereocenters. The Morgan fingerprint density at radius 1 is 1.21 bits per heavy atom. The van der Waals surface area contributed by atoms with Crippen molar-refractivity contribution in [3.63, 3.8) is 0 Å². The van der Waals surface area contributed by atoms with Crippen molar-refractivity contribution in [2.75, 3.05) is 11.9 Å². The number of aromatic nitrogens is 1. The summed E-state index contributed by atoms with van der Waals surface area (Å²) in [5, 5.41) is 9.08. The van der Waals surface area contributed by atoms with Crippen LogP contribution in [-0.2, 0) is 13.0 Å². The van der Waals surface area contributed by atoms with Gasteiger partial charge in [0.1, 0.15) is 0 Å². The van der Waals surface area contributed by atoms with Crippen molar-refractivity contribution in [1.82, 2.24) is 4.98 Å². The smallest absolute Gasteiger partial charge is 0.171 e. The van der Waals surface area contributed by atoms with E-state index in [1.165, 1.54) is 17.8 Å². The molecule has 3 nitrogen and oxygen atoms in total. The molecule has 1 N–H and O–H groups in total. The third kappa shape index (κ3) is 2.74. The van der Waals surface area contributed by atoms with Gasteiger partial charge >= 0.3 is 0 Å². The van der Waals surface area contributed by atoms with Crippen LogP contribution in [0.15, 0.2) is 36.5 Å². The molecule has 0 unspecified atom stereocenters. The largest absolute Gasteiger partial charge is 0.392 e. The van der Waals surface area contributed by atoms with Gasteiger partial charge in [-0.15, -0.1) is 0 Å². The van der Waals surface area contributed by atoms with Crippen molar-refractivity contribution in [2.24, 2.45) is 0 Å². The van der Waals surface area contributed by atoms with Gasteiger partial charge in [-0.1, -0.05) is 19.1 Å². The molecule has 2 aromatic rings. The Hall–Kier alpha value is -1.94. The summed E-state index contributed by atoms with van der Waals surface area (Å²) in [6, 6.07) is 9.38. The van der Waals surface area contributed by atoms with E-state index in [2.05, 4.69) is 11.9 Å². The topological polar surface area (TPSA) is 36.4 Å². The summed E-state index contributed by atoms with van der Waals surface area (Å²) in [6.07, 6.45) is 2.47. The Kier molecular flexibility index (Phi) is 4.12. The van der Waals surface area contributed by atoms with Crippen LogP contribution in [0, 0.1) is 5.82 Å². The number of hydrogen-bond acceptors (Lipinski definition) is 3. The Balaban J connectivity index is 2.35. The highest BCUT2D eigenvalue weighted by Crippen LogP contribution is 2.26. The summed E-state index contributed by atoms with van der Waals surface area (Å²) >= 11 is 0. The van der Waals surface area contributed by atoms with E-state index >= 15 is 0 Å². The van der Waals surface area contributed by atoms with Gasteiger partial charge in [0, 0.05) is 24.5 Å². The molecule has 1 heterocycles. The second kappa shape index (κ2) is 5.80. The quantitative estimate of drug-likeness (QED) is 0.918. The van der Waals surface area contributed by atoms with Gasteiger partial charge in [0.25, 0.3) is 0 Å². The number of halogens is 1. The van der Waals surface area contributed by atoms with E-state index in [1.54, 1.807) is 11.9 Å². The number of pyridine rings is 1. The summed E-state index contributed by atoms with van der Waals surface area (Å²) in [6.45, 7) is 1.76. The van der Waals surface area contributed by atoms with Gasteiger partial charge in [0.05, 0.1) is 6.61 Å². The molecule has 0 aliphatic rings. The number of benzene rings is 1. The van der Waals surface area contributed by atoms with Gasteiger partial charge in [-0.25, -0.2) is 9.37 Å². The van der Waals surface area contributed by atoms with Crippen LogP contribution < -0.4 is 4.90 Å². The molecule has 0 aliphatic heterocycles. The second-order valence-electron chi connectivity index (χ2n) is 4.34. The number of nitrogens with zero attached hydrogens (tertiary/aromatic N) is 2. The van der Waals surface area contributed by atoms with E-state index < -0.39 is 5.82 Å². The SMILES string of the molecule is CCc1ccc(N(C)c2nccc(CO)c2F)cc1. The highest BCUT2D eigenvalue weighted by molar-refractivity contribution is 5.60. The fraction of sp³-hybridized carbons (Fsp3) is 0.267. The fourth-order valence-corrected chi connectivity index (χ4v) is 1.90. The molecule has 1 aromatic carbocycles. The Morgan fingerprint density at radius 3 is 2.47 bits per heavy atom. The Bertz CT molecular complexity index is 555. The summed E-state index contributed by atoms with van der Waals surface area (Å²) in [5.74, 6) is -0.261. The summed E-state index contributed by atoms with van der Waals surface area (Å²) < 4.78 is 14.1. The molecule has 0 bridgehead atoms. The van der Waals surface area contributed by atoms with Crippen molar-refractivity contribution in [1.29, 1.82) is 0 Å². The van der Waals surface area contributed by atoms with Crippen molar-refractivity contribution in [3.8, 4) is 0 Å². The van der Waals surface area contributed by atoms with E-state index in [4.69, 9.17) is 5.11 Å². The lowest BCUT2D eigenvalue weighted by molar-refractivity contribution is 0.275. The van der Waals surface area contributed by atoms with Crippen LogP contribution in [0.1, 0.15) is 18.1 Å². The lowest BCUT2D eigenvalue weighted by Gasteiger charge is -2.20. The van der Waals surface area contributed by atoms with E-state index in [0.717, 1.165) is 12.1 Å². The van der Waals surface area contributed by atoms with E-state index in [0.29, 0.717) is 0 Å². The molecule has 0 fully saturated rings.